The van der Waals surface area contributed by atoms with Crippen molar-refractivity contribution in [1.29, 1.82) is 0 Å². The number of sulfonamides is 1. The van der Waals surface area contributed by atoms with E-state index in [4.69, 9.17) is 16.3 Å². The van der Waals surface area contributed by atoms with Crippen LogP contribution in [0.3, 0.4) is 0 Å². The fourth-order valence-corrected chi connectivity index (χ4v) is 4.23. The van der Waals surface area contributed by atoms with Gasteiger partial charge < -0.3 is 15.4 Å². The van der Waals surface area contributed by atoms with Gasteiger partial charge in [-0.05, 0) is 29.8 Å². The first kappa shape index (κ1) is 20.3. The van der Waals surface area contributed by atoms with Gasteiger partial charge in [-0.2, -0.15) is 4.31 Å². The lowest BCUT2D eigenvalue weighted by Crippen LogP contribution is -2.40. The molecular weight excluding hydrogens is 402 g/mol. The van der Waals surface area contributed by atoms with E-state index in [2.05, 4.69) is 10.6 Å². The molecular formula is C19H20ClN3O4S. The third kappa shape index (κ3) is 5.11. The van der Waals surface area contributed by atoms with E-state index in [9.17, 15) is 13.2 Å². The SMILES string of the molecule is O=C(N/C=C/c1ccccc1)Nc1cc(S(=O)(=O)N2CCOCC2)ccc1Cl. The van der Waals surface area contributed by atoms with Crippen molar-refractivity contribution in [1.82, 2.24) is 9.62 Å². The molecule has 1 aliphatic rings. The standard InChI is InChI=1S/C19H20ClN3O4S/c20-17-7-6-16(28(25,26)23-10-12-27-13-11-23)14-18(17)22-19(24)21-9-8-15-4-2-1-3-5-15/h1-9,14H,10-13H2,(H2,21,22,24)/b9-8+. The Hall–Kier alpha value is -2.39. The van der Waals surface area contributed by atoms with Crippen LogP contribution < -0.4 is 10.6 Å². The highest BCUT2D eigenvalue weighted by Gasteiger charge is 2.27. The molecule has 0 aromatic heterocycles. The number of halogens is 1. The second-order valence-electron chi connectivity index (χ2n) is 6.00. The molecule has 0 radical (unpaired) electrons. The normalized spacial score (nSPS) is 15.5. The highest BCUT2D eigenvalue weighted by molar-refractivity contribution is 7.89. The second kappa shape index (κ2) is 9.20. The maximum Gasteiger partial charge on any atom is 0.323 e. The summed E-state index contributed by atoms with van der Waals surface area (Å²) in [5.74, 6) is 0. The molecule has 0 atom stereocenters. The Labute approximate surface area is 169 Å². The minimum absolute atomic E-state index is 0.0638. The van der Waals surface area contributed by atoms with E-state index in [1.54, 1.807) is 6.08 Å². The molecule has 0 saturated carbocycles. The molecule has 0 unspecified atom stereocenters. The van der Waals surface area contributed by atoms with Gasteiger partial charge in [-0.25, -0.2) is 13.2 Å². The van der Waals surface area contributed by atoms with Crippen molar-refractivity contribution >= 4 is 39.4 Å². The number of benzene rings is 2. The molecule has 0 spiro atoms. The van der Waals surface area contributed by atoms with Crippen molar-refractivity contribution in [3.63, 3.8) is 0 Å². The van der Waals surface area contributed by atoms with Crippen molar-refractivity contribution in [2.75, 3.05) is 31.6 Å². The van der Waals surface area contributed by atoms with Crippen LogP contribution in [0.4, 0.5) is 10.5 Å². The Morgan fingerprint density at radius 2 is 1.82 bits per heavy atom. The quantitative estimate of drug-likeness (QED) is 0.776. The summed E-state index contributed by atoms with van der Waals surface area (Å²) >= 11 is 6.12. The number of nitrogens with zero attached hydrogens (tertiary/aromatic N) is 1. The molecule has 2 N–H and O–H groups in total. The number of rotatable bonds is 5. The molecule has 1 fully saturated rings. The van der Waals surface area contributed by atoms with Gasteiger partial charge in [-0.3, -0.25) is 0 Å². The molecule has 2 amide bonds. The minimum Gasteiger partial charge on any atom is -0.379 e. The maximum atomic E-state index is 12.8. The zero-order chi connectivity index (χ0) is 20.0. The second-order valence-corrected chi connectivity index (χ2v) is 8.35. The van der Waals surface area contributed by atoms with Gasteiger partial charge in [0.2, 0.25) is 10.0 Å². The van der Waals surface area contributed by atoms with Crippen molar-refractivity contribution in [3.05, 3.63) is 65.3 Å². The first-order valence-corrected chi connectivity index (χ1v) is 10.5. The van der Waals surface area contributed by atoms with Gasteiger partial charge in [0.05, 0.1) is 28.8 Å². The summed E-state index contributed by atoms with van der Waals surface area (Å²) in [5.41, 5.74) is 1.14. The van der Waals surface area contributed by atoms with Crippen molar-refractivity contribution in [2.24, 2.45) is 0 Å². The van der Waals surface area contributed by atoms with E-state index in [0.717, 1.165) is 5.56 Å². The summed E-state index contributed by atoms with van der Waals surface area (Å²) in [5, 5.41) is 5.37. The molecule has 2 aromatic rings. The molecule has 1 aliphatic heterocycles. The molecule has 0 bridgehead atoms. The number of urea groups is 1. The molecule has 0 aliphatic carbocycles. The van der Waals surface area contributed by atoms with E-state index >= 15 is 0 Å². The lowest BCUT2D eigenvalue weighted by Gasteiger charge is -2.26. The molecule has 7 nitrogen and oxygen atoms in total. The van der Waals surface area contributed by atoms with Crippen LogP contribution in [0.15, 0.2) is 59.6 Å². The Bertz CT molecular complexity index is 958. The summed E-state index contributed by atoms with van der Waals surface area (Å²) < 4.78 is 32.1. The van der Waals surface area contributed by atoms with Crippen LogP contribution in [0.2, 0.25) is 5.02 Å². The first-order chi connectivity index (χ1) is 13.5. The van der Waals surface area contributed by atoms with Gasteiger partial charge in [-0.15, -0.1) is 0 Å². The number of hydrogen-bond acceptors (Lipinski definition) is 4. The molecule has 1 heterocycles. The van der Waals surface area contributed by atoms with Crippen molar-refractivity contribution in [2.45, 2.75) is 4.90 Å². The molecule has 28 heavy (non-hydrogen) atoms. The largest absolute Gasteiger partial charge is 0.379 e. The summed E-state index contributed by atoms with van der Waals surface area (Å²) in [4.78, 5) is 12.2. The number of anilines is 1. The molecule has 2 aromatic carbocycles. The Kier molecular flexibility index (Phi) is 6.69. The van der Waals surface area contributed by atoms with Crippen LogP contribution in [-0.2, 0) is 14.8 Å². The number of hydrogen-bond donors (Lipinski definition) is 2. The number of ether oxygens (including phenoxy) is 1. The Balaban J connectivity index is 1.69. The van der Waals surface area contributed by atoms with Crippen molar-refractivity contribution < 1.29 is 17.9 Å². The van der Waals surface area contributed by atoms with E-state index in [1.165, 1.54) is 28.7 Å². The zero-order valence-electron chi connectivity index (χ0n) is 15.0. The van der Waals surface area contributed by atoms with E-state index in [-0.39, 0.29) is 15.6 Å². The smallest absolute Gasteiger partial charge is 0.323 e. The number of morpholine rings is 1. The van der Waals surface area contributed by atoms with Gasteiger partial charge in [0, 0.05) is 19.3 Å². The van der Waals surface area contributed by atoms with Crippen LogP contribution >= 0.6 is 11.6 Å². The lowest BCUT2D eigenvalue weighted by atomic mass is 10.2. The average molecular weight is 422 g/mol. The van der Waals surface area contributed by atoms with E-state index < -0.39 is 16.1 Å². The molecule has 148 valence electrons. The Morgan fingerprint density at radius 3 is 2.54 bits per heavy atom. The summed E-state index contributed by atoms with van der Waals surface area (Å²) in [6, 6.07) is 13.2. The fourth-order valence-electron chi connectivity index (χ4n) is 2.63. The highest BCUT2D eigenvalue weighted by atomic mass is 35.5. The minimum atomic E-state index is -3.68. The van der Waals surface area contributed by atoms with Crippen LogP contribution in [0.25, 0.3) is 6.08 Å². The van der Waals surface area contributed by atoms with Crippen LogP contribution in [-0.4, -0.2) is 45.1 Å². The summed E-state index contributed by atoms with van der Waals surface area (Å²) in [6.45, 7) is 1.29. The van der Waals surface area contributed by atoms with Gasteiger partial charge in [-0.1, -0.05) is 41.9 Å². The highest BCUT2D eigenvalue weighted by Crippen LogP contribution is 2.27. The van der Waals surface area contributed by atoms with Crippen LogP contribution in [0, 0.1) is 0 Å². The van der Waals surface area contributed by atoms with Crippen molar-refractivity contribution in [3.8, 4) is 0 Å². The number of nitrogens with one attached hydrogen (secondary N) is 2. The van der Waals surface area contributed by atoms with Gasteiger partial charge in [0.15, 0.2) is 0 Å². The fraction of sp³-hybridized carbons (Fsp3) is 0.211. The molecule has 1 saturated heterocycles. The van der Waals surface area contributed by atoms with Crippen LogP contribution in [0.5, 0.6) is 0 Å². The maximum absolute atomic E-state index is 12.8. The predicted molar refractivity (Wildman–Crippen MR) is 109 cm³/mol. The topological polar surface area (TPSA) is 87.7 Å². The average Bonchev–Trinajstić information content (AvgIpc) is 2.71. The molecule has 3 rings (SSSR count). The zero-order valence-corrected chi connectivity index (χ0v) is 16.5. The number of carbonyl (C=O) groups is 1. The monoisotopic (exact) mass is 421 g/mol. The third-order valence-corrected chi connectivity index (χ3v) is 6.31. The predicted octanol–water partition coefficient (Wildman–Crippen LogP) is 3.15. The van der Waals surface area contributed by atoms with Gasteiger partial charge in [0.1, 0.15) is 0 Å². The summed E-state index contributed by atoms with van der Waals surface area (Å²) in [6.07, 6.45) is 3.23. The number of amides is 2. The Morgan fingerprint density at radius 1 is 1.11 bits per heavy atom. The lowest BCUT2D eigenvalue weighted by molar-refractivity contribution is 0.0730. The van der Waals surface area contributed by atoms with E-state index in [0.29, 0.717) is 26.3 Å². The molecule has 9 heteroatoms. The summed E-state index contributed by atoms with van der Waals surface area (Å²) in [7, 11) is -3.68. The van der Waals surface area contributed by atoms with Gasteiger partial charge >= 0.3 is 6.03 Å². The van der Waals surface area contributed by atoms with Crippen LogP contribution in [0.1, 0.15) is 5.56 Å². The van der Waals surface area contributed by atoms with E-state index in [1.807, 2.05) is 30.3 Å². The first-order valence-electron chi connectivity index (χ1n) is 8.63. The van der Waals surface area contributed by atoms with Gasteiger partial charge in [0.25, 0.3) is 0 Å². The number of carbonyl (C=O) groups excluding carboxylic acids is 1. The third-order valence-electron chi connectivity index (χ3n) is 4.08.